The topological polar surface area (TPSA) is 214 Å². The van der Waals surface area contributed by atoms with Gasteiger partial charge in [0.15, 0.2) is 12.6 Å². The van der Waals surface area contributed by atoms with Gasteiger partial charge in [-0.3, -0.25) is 4.79 Å². The Morgan fingerprint density at radius 2 is 1.17 bits per heavy atom. The largest absolute Gasteiger partial charge is 0.457 e. The summed E-state index contributed by atoms with van der Waals surface area (Å²) in [6.45, 7) is 3.09. The molecule has 14 nitrogen and oxygen atoms in total. The van der Waals surface area contributed by atoms with Crippen LogP contribution in [0.1, 0.15) is 78.1 Å². The summed E-state index contributed by atoms with van der Waals surface area (Å²) in [4.78, 5) is 12.5. The summed E-state index contributed by atoms with van der Waals surface area (Å²) < 4.78 is 33.5. The number of allylic oxidation sites excluding steroid dienone is 9. The van der Waals surface area contributed by atoms with Crippen LogP contribution in [0.2, 0.25) is 0 Å². The summed E-state index contributed by atoms with van der Waals surface area (Å²) in [5, 5.41) is 71.3. The van der Waals surface area contributed by atoms with E-state index in [1.807, 2.05) is 19.1 Å². The summed E-state index contributed by atoms with van der Waals surface area (Å²) in [6, 6.07) is 0. The average Bonchev–Trinajstić information content (AvgIpc) is 3.15. The molecule has 304 valence electrons. The zero-order chi connectivity index (χ0) is 38.8. The fourth-order valence-corrected chi connectivity index (χ4v) is 5.40. The minimum absolute atomic E-state index is 0.00185. The van der Waals surface area contributed by atoms with E-state index in [0.29, 0.717) is 19.4 Å². The molecular weight excluding hydrogens is 692 g/mol. The van der Waals surface area contributed by atoms with Crippen molar-refractivity contribution in [2.45, 2.75) is 146 Å². The highest BCUT2D eigenvalue weighted by molar-refractivity contribution is 5.69. The van der Waals surface area contributed by atoms with Crippen molar-refractivity contribution in [1.82, 2.24) is 0 Å². The lowest BCUT2D eigenvalue weighted by atomic mass is 9.98. The molecule has 0 aromatic carbocycles. The molecular formula is C39H64O14. The summed E-state index contributed by atoms with van der Waals surface area (Å²) in [5.74, 6) is -0.431. The Hall–Kier alpha value is -2.31. The third-order valence-electron chi connectivity index (χ3n) is 8.56. The van der Waals surface area contributed by atoms with Crippen molar-refractivity contribution >= 4 is 5.97 Å². The van der Waals surface area contributed by atoms with E-state index in [4.69, 9.17) is 28.4 Å². The smallest absolute Gasteiger partial charge is 0.306 e. The van der Waals surface area contributed by atoms with Crippen LogP contribution in [0.4, 0.5) is 0 Å². The standard InChI is InChI=1S/C39H64O14/c1-3-5-7-8-9-10-11-12-13-14-15-16-17-18-19-21-23-48-25-28(51-31(41)22-20-6-4-2)26-49-38-37(47)35(45)33(43)30(53-38)27-50-39-36(46)34(44)32(42)29(24-40)52-39/h5,7,9-10,12-13,15-16,18-19,28-30,32-40,42-47H,3-4,6,8,11,14,17,20-27H2,1-2H3/b7-5-,10-9-,13-12-,16-15-,19-18-. The molecule has 0 spiro atoms. The summed E-state index contributed by atoms with van der Waals surface area (Å²) in [5.41, 5.74) is 0. The van der Waals surface area contributed by atoms with E-state index in [0.717, 1.165) is 44.9 Å². The normalized spacial score (nSPS) is 30.4. The second-order valence-corrected chi connectivity index (χ2v) is 13.0. The van der Waals surface area contributed by atoms with Crippen molar-refractivity contribution in [3.8, 4) is 0 Å². The molecule has 11 atom stereocenters. The van der Waals surface area contributed by atoms with E-state index in [1.165, 1.54) is 0 Å². The van der Waals surface area contributed by atoms with Gasteiger partial charge in [-0.05, 0) is 44.9 Å². The van der Waals surface area contributed by atoms with E-state index in [9.17, 15) is 40.5 Å². The first-order valence-corrected chi connectivity index (χ1v) is 18.9. The highest BCUT2D eigenvalue weighted by Crippen LogP contribution is 2.26. The van der Waals surface area contributed by atoms with Crippen LogP contribution in [0.15, 0.2) is 60.8 Å². The Balaban J connectivity index is 1.82. The number of hydrogen-bond acceptors (Lipinski definition) is 14. The highest BCUT2D eigenvalue weighted by atomic mass is 16.7. The molecule has 2 fully saturated rings. The van der Waals surface area contributed by atoms with E-state index in [1.54, 1.807) is 0 Å². The first-order valence-electron chi connectivity index (χ1n) is 18.9. The van der Waals surface area contributed by atoms with Gasteiger partial charge in [-0.2, -0.15) is 0 Å². The molecule has 0 aromatic heterocycles. The van der Waals surface area contributed by atoms with Gasteiger partial charge in [0.1, 0.15) is 54.9 Å². The monoisotopic (exact) mass is 756 g/mol. The highest BCUT2D eigenvalue weighted by Gasteiger charge is 2.47. The van der Waals surface area contributed by atoms with E-state index in [2.05, 4.69) is 55.5 Å². The number of aliphatic hydroxyl groups excluding tert-OH is 7. The molecule has 14 heteroatoms. The fourth-order valence-electron chi connectivity index (χ4n) is 5.40. The molecule has 0 bridgehead atoms. The second-order valence-electron chi connectivity index (χ2n) is 13.0. The Bertz CT molecular complexity index is 1110. The Morgan fingerprint density at radius 3 is 1.74 bits per heavy atom. The molecule has 53 heavy (non-hydrogen) atoms. The van der Waals surface area contributed by atoms with Gasteiger partial charge in [-0.1, -0.05) is 87.4 Å². The lowest BCUT2D eigenvalue weighted by molar-refractivity contribution is -0.332. The number of esters is 1. The van der Waals surface area contributed by atoms with E-state index < -0.39 is 86.7 Å². The molecule has 2 heterocycles. The number of hydrogen-bond donors (Lipinski definition) is 7. The maximum atomic E-state index is 12.5. The quantitative estimate of drug-likeness (QED) is 0.0384. The predicted molar refractivity (Wildman–Crippen MR) is 196 cm³/mol. The molecule has 0 aliphatic carbocycles. The van der Waals surface area contributed by atoms with Crippen molar-refractivity contribution in [2.75, 3.05) is 33.0 Å². The van der Waals surface area contributed by atoms with Gasteiger partial charge in [0.25, 0.3) is 0 Å². The maximum absolute atomic E-state index is 12.5. The van der Waals surface area contributed by atoms with Gasteiger partial charge in [0.2, 0.25) is 0 Å². The molecule has 2 aliphatic heterocycles. The van der Waals surface area contributed by atoms with Gasteiger partial charge >= 0.3 is 5.97 Å². The van der Waals surface area contributed by atoms with Gasteiger partial charge in [0, 0.05) is 6.42 Å². The first-order chi connectivity index (χ1) is 25.6. The zero-order valence-corrected chi connectivity index (χ0v) is 31.2. The van der Waals surface area contributed by atoms with Crippen LogP contribution in [0.3, 0.4) is 0 Å². The van der Waals surface area contributed by atoms with Crippen LogP contribution in [0.5, 0.6) is 0 Å². The summed E-state index contributed by atoms with van der Waals surface area (Å²) >= 11 is 0. The van der Waals surface area contributed by atoms with Crippen molar-refractivity contribution in [1.29, 1.82) is 0 Å². The molecule has 0 saturated carbocycles. The number of aliphatic hydroxyl groups is 7. The molecule has 2 saturated heterocycles. The van der Waals surface area contributed by atoms with E-state index >= 15 is 0 Å². The third kappa shape index (κ3) is 18.3. The van der Waals surface area contributed by atoms with Crippen LogP contribution in [-0.4, -0.2) is 142 Å². The van der Waals surface area contributed by atoms with Gasteiger partial charge in [-0.15, -0.1) is 0 Å². The first kappa shape index (κ1) is 46.8. The SMILES string of the molecule is CC/C=C\C/C=C\C/C=C\C/C=C\C/C=C\CCOCC(COC1OC(COC2OC(CO)C(O)C(O)C2O)C(O)C(O)C1O)OC(=O)CCCCC. The van der Waals surface area contributed by atoms with Crippen molar-refractivity contribution in [3.63, 3.8) is 0 Å². The number of rotatable bonds is 26. The number of unbranched alkanes of at least 4 members (excludes halogenated alkanes) is 2. The minimum Gasteiger partial charge on any atom is -0.457 e. The molecule has 11 unspecified atom stereocenters. The van der Waals surface area contributed by atoms with Gasteiger partial charge in [0.05, 0.1) is 33.0 Å². The lowest BCUT2D eigenvalue weighted by Crippen LogP contribution is -2.61. The number of carbonyl (C=O) groups is 1. The van der Waals surface area contributed by atoms with E-state index in [-0.39, 0.29) is 19.6 Å². The molecule has 0 radical (unpaired) electrons. The molecule has 2 rings (SSSR count). The van der Waals surface area contributed by atoms with Crippen molar-refractivity contribution in [3.05, 3.63) is 60.8 Å². The minimum atomic E-state index is -1.72. The Morgan fingerprint density at radius 1 is 0.642 bits per heavy atom. The maximum Gasteiger partial charge on any atom is 0.306 e. The van der Waals surface area contributed by atoms with Crippen molar-refractivity contribution in [2.24, 2.45) is 0 Å². The Kier molecular flexibility index (Phi) is 24.9. The summed E-state index contributed by atoms with van der Waals surface area (Å²) in [7, 11) is 0. The van der Waals surface area contributed by atoms with Crippen molar-refractivity contribution < 1.29 is 69.0 Å². The lowest BCUT2D eigenvalue weighted by Gasteiger charge is -2.42. The van der Waals surface area contributed by atoms with Gasteiger partial charge in [-0.25, -0.2) is 0 Å². The molecule has 7 N–H and O–H groups in total. The van der Waals surface area contributed by atoms with Crippen LogP contribution in [0.25, 0.3) is 0 Å². The zero-order valence-electron chi connectivity index (χ0n) is 31.2. The van der Waals surface area contributed by atoms with Crippen LogP contribution in [0, 0.1) is 0 Å². The van der Waals surface area contributed by atoms with Crippen LogP contribution >= 0.6 is 0 Å². The van der Waals surface area contributed by atoms with Gasteiger partial charge < -0.3 is 64.2 Å². The second kappa shape index (κ2) is 28.1. The Labute approximate surface area is 314 Å². The fraction of sp³-hybridized carbons (Fsp3) is 0.718. The predicted octanol–water partition coefficient (Wildman–Crippen LogP) is 2.28. The molecule has 0 amide bonds. The third-order valence-corrected chi connectivity index (χ3v) is 8.56. The van der Waals surface area contributed by atoms with Crippen LogP contribution in [-0.2, 0) is 33.2 Å². The molecule has 2 aliphatic rings. The van der Waals surface area contributed by atoms with Crippen LogP contribution < -0.4 is 0 Å². The summed E-state index contributed by atoms with van der Waals surface area (Å²) in [6.07, 6.45) is 12.9. The number of ether oxygens (including phenoxy) is 6. The molecule has 0 aromatic rings. The average molecular weight is 757 g/mol. The number of carbonyl (C=O) groups excluding carboxylic acids is 1.